The Hall–Kier alpha value is -2.59. The molecular formula is C33H36BrClN2O5S. The molecule has 228 valence electrons. The van der Waals surface area contributed by atoms with Gasteiger partial charge >= 0.3 is 5.97 Å². The fourth-order valence-corrected chi connectivity index (χ4v) is 10.6. The predicted octanol–water partition coefficient (Wildman–Crippen LogP) is 5.96. The summed E-state index contributed by atoms with van der Waals surface area (Å²) in [5, 5.41) is 11.0. The number of nitrogens with zero attached hydrogens (tertiary/aromatic N) is 2. The number of anilines is 1. The summed E-state index contributed by atoms with van der Waals surface area (Å²) in [7, 11) is 0. The van der Waals surface area contributed by atoms with Gasteiger partial charge in [0, 0.05) is 27.3 Å². The lowest BCUT2D eigenvalue weighted by molar-refractivity contribution is -0.154. The number of esters is 1. The van der Waals surface area contributed by atoms with E-state index < -0.39 is 34.6 Å². The van der Waals surface area contributed by atoms with Crippen LogP contribution < -0.4 is 4.90 Å². The second kappa shape index (κ2) is 13.6. The van der Waals surface area contributed by atoms with Crippen LogP contribution in [0.4, 0.5) is 5.69 Å². The zero-order chi connectivity index (χ0) is 30.7. The number of thioether (sulfide) groups is 1. The average molecular weight is 688 g/mol. The Bertz CT molecular complexity index is 1360. The van der Waals surface area contributed by atoms with Crippen LogP contribution in [-0.2, 0) is 19.1 Å². The third kappa shape index (κ3) is 5.81. The van der Waals surface area contributed by atoms with Crippen molar-refractivity contribution in [3.63, 3.8) is 0 Å². The maximum Gasteiger partial charge on any atom is 0.310 e. The smallest absolute Gasteiger partial charge is 0.310 e. The van der Waals surface area contributed by atoms with Crippen molar-refractivity contribution in [2.24, 2.45) is 11.8 Å². The molecule has 3 saturated heterocycles. The number of likely N-dealkylation sites (tertiary alicyclic amines) is 1. The molecule has 0 aromatic heterocycles. The number of aliphatic hydroxyl groups excluding tert-OH is 1. The first-order chi connectivity index (χ1) is 20.8. The Kier molecular flexibility index (Phi) is 10.1. The molecular weight excluding hydrogens is 652 g/mol. The van der Waals surface area contributed by atoms with Crippen LogP contribution in [0.1, 0.15) is 37.3 Å². The highest BCUT2D eigenvalue weighted by molar-refractivity contribution is 9.09. The largest absolute Gasteiger partial charge is 0.465 e. The number of allylic oxidation sites excluding steroid dienone is 1. The first-order valence-electron chi connectivity index (χ1n) is 14.5. The number of unbranched alkanes of at least 4 members (excludes halogenated alkanes) is 2. The van der Waals surface area contributed by atoms with Crippen molar-refractivity contribution in [2.45, 2.75) is 52.6 Å². The van der Waals surface area contributed by atoms with Crippen molar-refractivity contribution in [1.29, 1.82) is 0 Å². The third-order valence-electron chi connectivity index (χ3n) is 8.69. The minimum Gasteiger partial charge on any atom is -0.465 e. The van der Waals surface area contributed by atoms with E-state index in [1.165, 1.54) is 0 Å². The molecule has 1 N–H and O–H groups in total. The maximum absolute atomic E-state index is 14.8. The summed E-state index contributed by atoms with van der Waals surface area (Å²) < 4.78 is 4.85. The van der Waals surface area contributed by atoms with Gasteiger partial charge in [-0.1, -0.05) is 70.0 Å². The van der Waals surface area contributed by atoms with Crippen molar-refractivity contribution in [3.05, 3.63) is 90.5 Å². The standard InChI is InChI=1S/C33H36BrClN2O5S/c1-3-5-6-10-18-42-32(41)26-27-30(39)37(25(20-38)21-11-8-7-9-12-21)29(33(27)19-24(34)28(26)43-33)31(40)36(17-4-2)23-15-13-22(35)14-16-23/h3-4,7-9,11-16,24-29,38H,1-2,5-6,10,17-20H2/t24?,25-,26-,27+,28-,29?,33?/m1/s1. The molecule has 2 amide bonds. The first kappa shape index (κ1) is 31.8. The van der Waals surface area contributed by atoms with Crippen LogP contribution in [0.3, 0.4) is 0 Å². The Morgan fingerprint density at radius 3 is 2.53 bits per heavy atom. The summed E-state index contributed by atoms with van der Waals surface area (Å²) in [4.78, 5) is 46.2. The van der Waals surface area contributed by atoms with Gasteiger partial charge in [-0.15, -0.1) is 24.9 Å². The molecule has 7 nitrogen and oxygen atoms in total. The van der Waals surface area contributed by atoms with Crippen LogP contribution in [0.15, 0.2) is 79.9 Å². The van der Waals surface area contributed by atoms with Gasteiger partial charge in [-0.2, -0.15) is 0 Å². The number of aliphatic hydroxyl groups is 1. The van der Waals surface area contributed by atoms with Crippen molar-refractivity contribution in [2.75, 3.05) is 24.7 Å². The molecule has 2 bridgehead atoms. The van der Waals surface area contributed by atoms with Gasteiger partial charge in [0.2, 0.25) is 5.91 Å². The van der Waals surface area contributed by atoms with E-state index in [9.17, 15) is 19.5 Å². The monoisotopic (exact) mass is 686 g/mol. The van der Waals surface area contributed by atoms with Crippen LogP contribution in [0, 0.1) is 11.8 Å². The highest BCUT2D eigenvalue weighted by atomic mass is 79.9. The van der Waals surface area contributed by atoms with Gasteiger partial charge in [-0.3, -0.25) is 14.4 Å². The molecule has 2 aromatic carbocycles. The number of carbonyl (C=O) groups is 3. The molecule has 10 heteroatoms. The number of rotatable bonds is 13. The number of alkyl halides is 1. The van der Waals surface area contributed by atoms with Gasteiger partial charge in [0.1, 0.15) is 6.04 Å². The molecule has 3 aliphatic heterocycles. The van der Waals surface area contributed by atoms with E-state index >= 15 is 0 Å². The zero-order valence-corrected chi connectivity index (χ0v) is 27.0. The molecule has 7 atom stereocenters. The van der Waals surface area contributed by atoms with E-state index in [4.69, 9.17) is 16.3 Å². The summed E-state index contributed by atoms with van der Waals surface area (Å²) in [6.45, 7) is 7.70. The molecule has 43 heavy (non-hydrogen) atoms. The van der Waals surface area contributed by atoms with E-state index in [2.05, 4.69) is 29.1 Å². The number of hydrogen-bond acceptors (Lipinski definition) is 6. The van der Waals surface area contributed by atoms with Gasteiger partial charge < -0.3 is 19.6 Å². The molecule has 5 rings (SSSR count). The van der Waals surface area contributed by atoms with Crippen LogP contribution in [-0.4, -0.2) is 68.4 Å². The lowest BCUT2D eigenvalue weighted by Crippen LogP contribution is -2.56. The quantitative estimate of drug-likeness (QED) is 0.121. The van der Waals surface area contributed by atoms with E-state index in [1.54, 1.807) is 51.9 Å². The number of carbonyl (C=O) groups excluding carboxylic acids is 3. The minimum atomic E-state index is -0.946. The topological polar surface area (TPSA) is 87.2 Å². The summed E-state index contributed by atoms with van der Waals surface area (Å²) in [6, 6.07) is 14.5. The Morgan fingerprint density at radius 2 is 1.88 bits per heavy atom. The number of hydrogen-bond donors (Lipinski definition) is 1. The van der Waals surface area contributed by atoms with Crippen molar-refractivity contribution in [1.82, 2.24) is 4.90 Å². The van der Waals surface area contributed by atoms with Crippen molar-refractivity contribution in [3.8, 4) is 0 Å². The summed E-state index contributed by atoms with van der Waals surface area (Å²) >= 11 is 11.5. The summed E-state index contributed by atoms with van der Waals surface area (Å²) in [5.41, 5.74) is 1.33. The normalized spacial score (nSPS) is 27.9. The van der Waals surface area contributed by atoms with Crippen molar-refractivity contribution >= 4 is 62.8 Å². The first-order valence-corrected chi connectivity index (χ1v) is 16.7. The van der Waals surface area contributed by atoms with Gasteiger partial charge in [0.15, 0.2) is 0 Å². The molecule has 2 aromatic rings. The van der Waals surface area contributed by atoms with E-state index in [-0.39, 0.29) is 41.6 Å². The molecule has 1 spiro atoms. The number of benzene rings is 2. The minimum absolute atomic E-state index is 0.0946. The third-order valence-corrected chi connectivity index (χ3v) is 12.2. The van der Waals surface area contributed by atoms with E-state index in [1.807, 2.05) is 36.4 Å². The number of amides is 2. The zero-order valence-electron chi connectivity index (χ0n) is 23.8. The van der Waals surface area contributed by atoms with Gasteiger partial charge in [0.25, 0.3) is 5.91 Å². The number of ether oxygens (including phenoxy) is 1. The predicted molar refractivity (Wildman–Crippen MR) is 174 cm³/mol. The summed E-state index contributed by atoms with van der Waals surface area (Å²) in [5.74, 6) is -2.49. The Morgan fingerprint density at radius 1 is 1.16 bits per heavy atom. The lowest BCUT2D eigenvalue weighted by atomic mass is 9.71. The lowest BCUT2D eigenvalue weighted by Gasteiger charge is -2.40. The fraction of sp³-hybridized carbons (Fsp3) is 0.424. The molecule has 0 aliphatic carbocycles. The molecule has 3 fully saturated rings. The number of halogens is 2. The highest BCUT2D eigenvalue weighted by Gasteiger charge is 2.76. The van der Waals surface area contributed by atoms with Gasteiger partial charge in [0.05, 0.1) is 35.8 Å². The second-order valence-corrected chi connectivity index (χ2v) is 14.3. The Balaban J connectivity index is 1.57. The fourth-order valence-electron chi connectivity index (χ4n) is 6.86. The number of fused-ring (bicyclic) bond motifs is 1. The molecule has 3 aliphatic rings. The van der Waals surface area contributed by atoms with E-state index in [0.717, 1.165) is 12.8 Å². The van der Waals surface area contributed by atoms with Crippen LogP contribution in [0.25, 0.3) is 0 Å². The van der Waals surface area contributed by atoms with Crippen LogP contribution >= 0.6 is 39.3 Å². The SMILES string of the molecule is C=CCCCCOC(=O)[C@H]1[C@@H]2SC3(CC2Br)C(C(=O)N(CC=C)c2ccc(Cl)cc2)N([C@H](CO)c2ccccc2)C(=O)[C@H]13. The van der Waals surface area contributed by atoms with Gasteiger partial charge in [-0.05, 0) is 55.5 Å². The second-order valence-electron chi connectivity index (χ2n) is 11.2. The summed E-state index contributed by atoms with van der Waals surface area (Å²) in [6.07, 6.45) is 6.39. The molecule has 3 heterocycles. The molecule has 0 saturated carbocycles. The van der Waals surface area contributed by atoms with Crippen LogP contribution in [0.5, 0.6) is 0 Å². The van der Waals surface area contributed by atoms with Crippen molar-refractivity contribution < 1.29 is 24.2 Å². The molecule has 3 unspecified atom stereocenters. The molecule has 0 radical (unpaired) electrons. The van der Waals surface area contributed by atoms with E-state index in [0.29, 0.717) is 29.1 Å². The van der Waals surface area contributed by atoms with Crippen LogP contribution in [0.2, 0.25) is 5.02 Å². The average Bonchev–Trinajstić information content (AvgIpc) is 3.60. The highest BCUT2D eigenvalue weighted by Crippen LogP contribution is 2.68. The van der Waals surface area contributed by atoms with Gasteiger partial charge in [-0.25, -0.2) is 0 Å². The Labute approximate surface area is 270 Å². The maximum atomic E-state index is 14.8.